The fraction of sp³-hybridized carbons (Fsp3) is 0.276. The van der Waals surface area contributed by atoms with E-state index < -0.39 is 19.4 Å². The first-order valence-electron chi connectivity index (χ1n) is 12.2. The minimum Gasteiger partial charge on any atom is -0.305 e. The van der Waals surface area contributed by atoms with Crippen LogP contribution in [-0.4, -0.2) is 15.0 Å². The van der Waals surface area contributed by atoms with E-state index in [-0.39, 0.29) is 30.9 Å². The summed E-state index contributed by atoms with van der Waals surface area (Å²) in [6.07, 6.45) is 5.31. The van der Waals surface area contributed by atoms with E-state index in [1.807, 2.05) is 12.4 Å². The monoisotopic (exact) mass is 796 g/mol. The maximum absolute atomic E-state index is 12.8. The zero-order valence-corrected chi connectivity index (χ0v) is 26.9. The molecule has 13 heteroatoms. The molecule has 0 bridgehead atoms. The molecule has 0 aliphatic heterocycles. The molecule has 3 nitrogen and oxygen atoms in total. The minimum atomic E-state index is -10.7. The first kappa shape index (κ1) is 37.2. The molecule has 3 heterocycles. The summed E-state index contributed by atoms with van der Waals surface area (Å²) in [5.41, 5.74) is 5.54. The van der Waals surface area contributed by atoms with Crippen molar-refractivity contribution in [3.63, 3.8) is 0 Å². The van der Waals surface area contributed by atoms with Gasteiger partial charge in [-0.15, -0.1) is 17.7 Å². The third-order valence-electron chi connectivity index (χ3n) is 5.26. The van der Waals surface area contributed by atoms with Gasteiger partial charge in [0, 0.05) is 50.3 Å². The first-order chi connectivity index (χ1) is 18.4. The molecule has 0 unspecified atom stereocenters. The van der Waals surface area contributed by atoms with Gasteiger partial charge >= 0.3 is 33.0 Å². The number of pyridine rings is 3. The second-order valence-electron chi connectivity index (χ2n) is 11.1. The number of benzene rings is 1. The molecule has 1 aromatic carbocycles. The van der Waals surface area contributed by atoms with Crippen LogP contribution in [-0.2, 0) is 30.9 Å². The van der Waals surface area contributed by atoms with E-state index in [2.05, 4.69) is 86.8 Å². The Morgan fingerprint density at radius 3 is 1.38 bits per heavy atom. The van der Waals surface area contributed by atoms with Crippen molar-refractivity contribution in [2.45, 2.75) is 52.4 Å². The third-order valence-corrected chi connectivity index (χ3v) is 5.26. The van der Waals surface area contributed by atoms with Crippen LogP contribution in [0.25, 0.3) is 22.6 Å². The van der Waals surface area contributed by atoms with Crippen LogP contribution < -0.4 is 0 Å². The van der Waals surface area contributed by atoms with Crippen molar-refractivity contribution in [3.8, 4) is 22.6 Å². The molecule has 0 aliphatic rings. The van der Waals surface area contributed by atoms with Gasteiger partial charge in [-0.05, 0) is 58.0 Å². The van der Waals surface area contributed by atoms with Crippen LogP contribution in [0.2, 0.25) is 0 Å². The molecule has 4 rings (SSSR count). The molecule has 4 aromatic rings. The van der Waals surface area contributed by atoms with Crippen molar-refractivity contribution in [1.29, 1.82) is 0 Å². The molecule has 0 fully saturated rings. The van der Waals surface area contributed by atoms with Crippen LogP contribution in [0.1, 0.15) is 52.7 Å². The number of hydrogen-bond acceptors (Lipinski definition) is 3. The normalized spacial score (nSPS) is 13.2. The quantitative estimate of drug-likeness (QED) is 0.115. The number of nitrogens with zero attached hydrogens (tertiary/aromatic N) is 3. The van der Waals surface area contributed by atoms with E-state index in [0.29, 0.717) is 11.3 Å². The van der Waals surface area contributed by atoms with Gasteiger partial charge in [-0.25, -0.2) is 8.78 Å². The van der Waals surface area contributed by atoms with Gasteiger partial charge in [-0.1, -0.05) is 59.7 Å². The Balaban J connectivity index is 0.000000349. The van der Waals surface area contributed by atoms with E-state index in [1.54, 1.807) is 24.4 Å². The number of rotatable bonds is 2. The summed E-state index contributed by atoms with van der Waals surface area (Å²) in [5, 5.41) is 0. The van der Waals surface area contributed by atoms with E-state index in [9.17, 15) is 34.0 Å². The predicted octanol–water partition coefficient (Wildman–Crippen LogP) is 10.9. The molecule has 0 saturated carbocycles. The fourth-order valence-corrected chi connectivity index (χ4v) is 3.24. The first-order valence-corrected chi connectivity index (χ1v) is 14.2. The van der Waals surface area contributed by atoms with Gasteiger partial charge in [0.15, 0.2) is 0 Å². The molecule has 0 saturated heterocycles. The van der Waals surface area contributed by atoms with Crippen LogP contribution in [0.15, 0.2) is 73.2 Å². The van der Waals surface area contributed by atoms with Crippen LogP contribution in [0.4, 0.5) is 34.0 Å². The van der Waals surface area contributed by atoms with Crippen LogP contribution in [0, 0.1) is 17.7 Å². The Kier molecular flexibility index (Phi) is 11.4. The van der Waals surface area contributed by atoms with Gasteiger partial charge in [-0.3, -0.25) is 9.97 Å². The standard InChI is InChI=1S/C18H24N2.C11H6F2N.F6P.Ir/c1-17(2,3)13-7-9-19-15(11-13)16-12-14(8-10-20-16)18(4,5)6;12-9-5-8(6-10(13)7-9)11-3-1-2-4-14-11;1-7(2,3,4,5)6;/h7-12H,1-6H3;1-5,7H;;/q;2*-1;. The molecule has 0 spiro atoms. The van der Waals surface area contributed by atoms with Crippen molar-refractivity contribution in [2.75, 3.05) is 0 Å². The second-order valence-corrected chi connectivity index (χ2v) is 13.0. The molecule has 42 heavy (non-hydrogen) atoms. The summed E-state index contributed by atoms with van der Waals surface area (Å²) < 4.78 is 84.8. The zero-order chi connectivity index (χ0) is 31.3. The van der Waals surface area contributed by atoms with E-state index >= 15 is 0 Å². The summed E-state index contributed by atoms with van der Waals surface area (Å²) in [7, 11) is -10.7. The topological polar surface area (TPSA) is 38.7 Å². The number of halogens is 8. The molecule has 233 valence electrons. The predicted molar refractivity (Wildman–Crippen MR) is 147 cm³/mol. The third kappa shape index (κ3) is 14.9. The molecule has 0 amide bonds. The molecule has 1 radical (unpaired) electrons. The molecule has 3 aromatic heterocycles. The maximum Gasteiger partial charge on any atom is 0.0446 e. The Bertz CT molecular complexity index is 1380. The van der Waals surface area contributed by atoms with Gasteiger partial charge in [0.2, 0.25) is 0 Å². The summed E-state index contributed by atoms with van der Waals surface area (Å²) in [6, 6.07) is 18.0. The van der Waals surface area contributed by atoms with Crippen molar-refractivity contribution in [3.05, 3.63) is 102 Å². The van der Waals surface area contributed by atoms with Crippen molar-refractivity contribution >= 4 is 7.81 Å². The molecule has 0 atom stereocenters. The van der Waals surface area contributed by atoms with Crippen molar-refractivity contribution in [2.24, 2.45) is 0 Å². The number of aromatic nitrogens is 3. The van der Waals surface area contributed by atoms with Gasteiger partial charge in [0.1, 0.15) is 0 Å². The molecule has 0 N–H and O–H groups in total. The van der Waals surface area contributed by atoms with E-state index in [1.165, 1.54) is 17.2 Å². The largest absolute Gasteiger partial charge is 0.305 e. The molecular weight excluding hydrogens is 766 g/mol. The fourth-order valence-electron chi connectivity index (χ4n) is 3.24. The summed E-state index contributed by atoms with van der Waals surface area (Å²) >= 11 is 0. The molecular formula is C29H30F8IrN3P-2. The van der Waals surface area contributed by atoms with Crippen LogP contribution >= 0.6 is 7.81 Å². The minimum absolute atomic E-state index is 0. The van der Waals surface area contributed by atoms with Gasteiger partial charge in [0.05, 0.1) is 11.4 Å². The van der Waals surface area contributed by atoms with E-state index in [0.717, 1.165) is 17.5 Å². The molecule has 0 aliphatic carbocycles. The second kappa shape index (κ2) is 12.8. The maximum atomic E-state index is 12.8. The van der Waals surface area contributed by atoms with Crippen LogP contribution in [0.3, 0.4) is 0 Å². The van der Waals surface area contributed by atoms with Gasteiger partial charge in [0.25, 0.3) is 0 Å². The Morgan fingerprint density at radius 1 is 0.595 bits per heavy atom. The van der Waals surface area contributed by atoms with Gasteiger partial charge in [-0.2, -0.15) is 0 Å². The summed E-state index contributed by atoms with van der Waals surface area (Å²) in [6.45, 7) is 13.3. The van der Waals surface area contributed by atoms with Crippen LogP contribution in [0.5, 0.6) is 0 Å². The Morgan fingerprint density at radius 2 is 1.02 bits per heavy atom. The summed E-state index contributed by atoms with van der Waals surface area (Å²) in [4.78, 5) is 12.9. The average molecular weight is 796 g/mol. The zero-order valence-electron chi connectivity index (χ0n) is 23.6. The van der Waals surface area contributed by atoms with Crippen molar-refractivity contribution < 1.29 is 54.1 Å². The number of hydrogen-bond donors (Lipinski definition) is 0. The van der Waals surface area contributed by atoms with E-state index in [4.69, 9.17) is 0 Å². The van der Waals surface area contributed by atoms with Crippen molar-refractivity contribution in [1.82, 2.24) is 15.0 Å². The van der Waals surface area contributed by atoms with Gasteiger partial charge < -0.3 is 4.98 Å². The smallest absolute Gasteiger partial charge is 0.0446 e. The Labute approximate surface area is 253 Å². The summed E-state index contributed by atoms with van der Waals surface area (Å²) in [5.74, 6) is -1.34. The average Bonchev–Trinajstić information content (AvgIpc) is 2.82. The SMILES string of the molecule is CC(C)(C)c1ccnc(-c2cc(C(C)(C)C)ccn2)c1.F[P-](F)(F)(F)(F)F.Fc1[c-]c(-c2ccccn2)cc(F)c1.[Ir]. The Hall–Kier alpha value is -2.81.